The lowest BCUT2D eigenvalue weighted by Gasteiger charge is -2.21. The zero-order valence-electron chi connectivity index (χ0n) is 12.3. The molecule has 1 aromatic carbocycles. The number of fused-ring (bicyclic) bond motifs is 1. The molecule has 0 bridgehead atoms. The first kappa shape index (κ1) is 15.6. The summed E-state index contributed by atoms with van der Waals surface area (Å²) in [6.07, 6.45) is 4.55. The van der Waals surface area contributed by atoms with Crippen LogP contribution in [0.25, 0.3) is 10.8 Å². The summed E-state index contributed by atoms with van der Waals surface area (Å²) in [5.41, 5.74) is -0.152. The summed E-state index contributed by atoms with van der Waals surface area (Å²) in [5, 5.41) is 9.92. The summed E-state index contributed by atoms with van der Waals surface area (Å²) in [7, 11) is -3.73. The second-order valence-electron chi connectivity index (χ2n) is 5.41. The van der Waals surface area contributed by atoms with E-state index in [1.807, 2.05) is 0 Å². The SMILES string of the molecule is C=CCN(C1CC1)S(=O)(=O)c1cccc2c(C(=O)O)nccc12. The Labute approximate surface area is 134 Å². The Kier molecular flexibility index (Phi) is 3.91. The number of carboxylic acids is 1. The van der Waals surface area contributed by atoms with Crippen molar-refractivity contribution in [3.8, 4) is 0 Å². The molecule has 7 heteroatoms. The summed E-state index contributed by atoms with van der Waals surface area (Å²) in [4.78, 5) is 15.2. The van der Waals surface area contributed by atoms with E-state index in [9.17, 15) is 18.3 Å². The van der Waals surface area contributed by atoms with Crippen LogP contribution in [-0.4, -0.2) is 41.4 Å². The highest BCUT2D eigenvalue weighted by Gasteiger charge is 2.38. The third-order valence-corrected chi connectivity index (χ3v) is 5.79. The Morgan fingerprint density at radius 3 is 2.70 bits per heavy atom. The molecule has 1 saturated carbocycles. The van der Waals surface area contributed by atoms with Crippen LogP contribution in [0.3, 0.4) is 0 Å². The van der Waals surface area contributed by atoms with Crippen LogP contribution in [0.2, 0.25) is 0 Å². The molecule has 0 atom stereocenters. The first-order valence-electron chi connectivity index (χ1n) is 7.20. The van der Waals surface area contributed by atoms with Gasteiger partial charge >= 0.3 is 5.97 Å². The number of benzene rings is 1. The monoisotopic (exact) mass is 332 g/mol. The molecule has 1 heterocycles. The molecule has 0 saturated heterocycles. The van der Waals surface area contributed by atoms with E-state index < -0.39 is 16.0 Å². The molecule has 0 amide bonds. The molecule has 23 heavy (non-hydrogen) atoms. The normalized spacial score (nSPS) is 15.0. The molecule has 0 aliphatic heterocycles. The number of aromatic nitrogens is 1. The van der Waals surface area contributed by atoms with Crippen LogP contribution in [0.5, 0.6) is 0 Å². The maximum absolute atomic E-state index is 13.0. The molecule has 0 spiro atoms. The lowest BCUT2D eigenvalue weighted by atomic mass is 10.1. The Bertz CT molecular complexity index is 888. The number of nitrogens with zero attached hydrogens (tertiary/aromatic N) is 2. The maximum atomic E-state index is 13.0. The number of hydrogen-bond donors (Lipinski definition) is 1. The van der Waals surface area contributed by atoms with Crippen molar-refractivity contribution in [2.75, 3.05) is 6.54 Å². The standard InChI is InChI=1S/C16H16N2O4S/c1-2-10-18(11-6-7-11)23(21,22)14-5-3-4-13-12(14)8-9-17-15(13)16(19)20/h2-5,8-9,11H,1,6-7,10H2,(H,19,20). The first-order valence-corrected chi connectivity index (χ1v) is 8.64. The van der Waals surface area contributed by atoms with E-state index in [-0.39, 0.29) is 23.2 Å². The molecule has 1 aliphatic carbocycles. The summed E-state index contributed by atoms with van der Waals surface area (Å²) < 4.78 is 27.4. The van der Waals surface area contributed by atoms with E-state index in [0.717, 1.165) is 12.8 Å². The van der Waals surface area contributed by atoms with E-state index in [2.05, 4.69) is 11.6 Å². The van der Waals surface area contributed by atoms with Crippen LogP contribution >= 0.6 is 0 Å². The number of carboxylic acid groups (broad SMARTS) is 1. The predicted molar refractivity (Wildman–Crippen MR) is 85.8 cm³/mol. The fourth-order valence-corrected chi connectivity index (χ4v) is 4.50. The maximum Gasteiger partial charge on any atom is 0.355 e. The van der Waals surface area contributed by atoms with Crippen molar-refractivity contribution in [3.63, 3.8) is 0 Å². The first-order chi connectivity index (χ1) is 11.0. The van der Waals surface area contributed by atoms with Crippen LogP contribution in [0, 0.1) is 0 Å². The molecule has 120 valence electrons. The fourth-order valence-electron chi connectivity index (χ4n) is 2.63. The molecular formula is C16H16N2O4S. The van der Waals surface area contributed by atoms with E-state index in [4.69, 9.17) is 0 Å². The van der Waals surface area contributed by atoms with E-state index in [1.165, 1.54) is 22.6 Å². The topological polar surface area (TPSA) is 87.6 Å². The average Bonchev–Trinajstić information content (AvgIpc) is 3.35. The highest BCUT2D eigenvalue weighted by atomic mass is 32.2. The van der Waals surface area contributed by atoms with Crippen LogP contribution in [0.4, 0.5) is 0 Å². The van der Waals surface area contributed by atoms with Gasteiger partial charge in [0.1, 0.15) is 0 Å². The molecular weight excluding hydrogens is 316 g/mol. The zero-order chi connectivity index (χ0) is 16.6. The summed E-state index contributed by atoms with van der Waals surface area (Å²) >= 11 is 0. The lowest BCUT2D eigenvalue weighted by Crippen LogP contribution is -2.33. The van der Waals surface area contributed by atoms with Crippen molar-refractivity contribution in [3.05, 3.63) is 48.8 Å². The summed E-state index contributed by atoms with van der Waals surface area (Å²) in [5.74, 6) is -1.18. The van der Waals surface area contributed by atoms with Gasteiger partial charge in [-0.15, -0.1) is 6.58 Å². The average molecular weight is 332 g/mol. The van der Waals surface area contributed by atoms with Crippen LogP contribution in [0.15, 0.2) is 48.0 Å². The Hall–Kier alpha value is -2.25. The number of sulfonamides is 1. The molecule has 3 rings (SSSR count). The van der Waals surface area contributed by atoms with Gasteiger partial charge in [-0.1, -0.05) is 18.2 Å². The van der Waals surface area contributed by atoms with Crippen LogP contribution in [0.1, 0.15) is 23.3 Å². The number of pyridine rings is 1. The number of rotatable bonds is 6. The molecule has 6 nitrogen and oxygen atoms in total. The van der Waals surface area contributed by atoms with Crippen molar-refractivity contribution in [2.45, 2.75) is 23.8 Å². The van der Waals surface area contributed by atoms with Crippen molar-refractivity contribution in [2.24, 2.45) is 0 Å². The van der Waals surface area contributed by atoms with E-state index >= 15 is 0 Å². The van der Waals surface area contributed by atoms with Crippen LogP contribution in [-0.2, 0) is 10.0 Å². The van der Waals surface area contributed by atoms with Crippen molar-refractivity contribution >= 4 is 26.8 Å². The second kappa shape index (κ2) is 5.75. The molecule has 1 N–H and O–H groups in total. The number of hydrogen-bond acceptors (Lipinski definition) is 4. The van der Waals surface area contributed by atoms with Gasteiger partial charge in [0, 0.05) is 29.6 Å². The number of aromatic carboxylic acids is 1. The van der Waals surface area contributed by atoms with Crippen molar-refractivity contribution in [1.82, 2.24) is 9.29 Å². The van der Waals surface area contributed by atoms with Crippen molar-refractivity contribution < 1.29 is 18.3 Å². The second-order valence-corrected chi connectivity index (χ2v) is 7.27. The lowest BCUT2D eigenvalue weighted by molar-refractivity contribution is 0.0693. The zero-order valence-corrected chi connectivity index (χ0v) is 13.2. The highest BCUT2D eigenvalue weighted by molar-refractivity contribution is 7.89. The third-order valence-electron chi connectivity index (χ3n) is 3.82. The minimum Gasteiger partial charge on any atom is -0.476 e. The molecule has 1 fully saturated rings. The summed E-state index contributed by atoms with van der Waals surface area (Å²) in [6.45, 7) is 3.86. The fraction of sp³-hybridized carbons (Fsp3) is 0.250. The third kappa shape index (κ3) is 2.73. The van der Waals surface area contributed by atoms with Gasteiger partial charge in [-0.3, -0.25) is 0 Å². The minimum atomic E-state index is -3.73. The quantitative estimate of drug-likeness (QED) is 0.820. The molecule has 1 aliphatic rings. The smallest absolute Gasteiger partial charge is 0.355 e. The van der Waals surface area contributed by atoms with E-state index in [0.29, 0.717) is 10.8 Å². The van der Waals surface area contributed by atoms with Gasteiger partial charge in [0.2, 0.25) is 10.0 Å². The Morgan fingerprint density at radius 2 is 2.09 bits per heavy atom. The Morgan fingerprint density at radius 1 is 1.35 bits per heavy atom. The van der Waals surface area contributed by atoms with Gasteiger partial charge < -0.3 is 5.11 Å². The largest absolute Gasteiger partial charge is 0.476 e. The number of carbonyl (C=O) groups is 1. The molecule has 1 aromatic heterocycles. The summed E-state index contributed by atoms with van der Waals surface area (Å²) in [6, 6.07) is 6.14. The van der Waals surface area contributed by atoms with E-state index in [1.54, 1.807) is 18.2 Å². The van der Waals surface area contributed by atoms with Gasteiger partial charge in [-0.25, -0.2) is 18.2 Å². The van der Waals surface area contributed by atoms with Gasteiger partial charge in [0.25, 0.3) is 0 Å². The van der Waals surface area contributed by atoms with Gasteiger partial charge in [0.05, 0.1) is 4.90 Å². The molecule has 2 aromatic rings. The van der Waals surface area contributed by atoms with Gasteiger partial charge in [0.15, 0.2) is 5.69 Å². The Balaban J connectivity index is 2.21. The van der Waals surface area contributed by atoms with Crippen LogP contribution < -0.4 is 0 Å². The van der Waals surface area contributed by atoms with Crippen molar-refractivity contribution in [1.29, 1.82) is 0 Å². The van der Waals surface area contributed by atoms with Gasteiger partial charge in [-0.05, 0) is 25.0 Å². The minimum absolute atomic E-state index is 0.00552. The van der Waals surface area contributed by atoms with Gasteiger partial charge in [-0.2, -0.15) is 4.31 Å². The molecule has 0 radical (unpaired) electrons. The predicted octanol–water partition coefficient (Wildman–Crippen LogP) is 2.27. The highest BCUT2D eigenvalue weighted by Crippen LogP contribution is 2.34. The molecule has 0 unspecified atom stereocenters.